The molecule has 5 heteroatoms. The molecule has 0 saturated heterocycles. The number of carbonyl (C=O) groups is 1. The average molecular weight is 341 g/mol. The molecule has 2 nitrogen and oxygen atoms in total. The molecule has 1 atom stereocenters. The van der Waals surface area contributed by atoms with Crippen LogP contribution in [0.5, 0.6) is 0 Å². The lowest BCUT2D eigenvalue weighted by molar-refractivity contribution is -0.117. The van der Waals surface area contributed by atoms with Crippen LogP contribution < -0.4 is 5.73 Å². The Bertz CT molecular complexity index is 357. The minimum Gasteiger partial charge on any atom is -0.369 e. The molecule has 0 fully saturated rings. The minimum absolute atomic E-state index is 0.337. The van der Waals surface area contributed by atoms with Gasteiger partial charge in [0.05, 0.1) is 9.85 Å². The maximum absolute atomic E-state index is 10.8. The summed E-state index contributed by atoms with van der Waals surface area (Å²) in [5.74, 6) is -0.365. The van der Waals surface area contributed by atoms with Gasteiger partial charge in [0.25, 0.3) is 0 Å². The van der Waals surface area contributed by atoms with Crippen LogP contribution >= 0.6 is 43.5 Å². The number of benzene rings is 1. The third kappa shape index (κ3) is 3.26. The molecule has 0 aliphatic heterocycles. The Morgan fingerprint density at radius 3 is 2.71 bits per heavy atom. The number of hydrogen-bond acceptors (Lipinski definition) is 1. The zero-order valence-corrected chi connectivity index (χ0v) is 11.1. The molecule has 1 aromatic rings. The van der Waals surface area contributed by atoms with Crippen LogP contribution in [0.4, 0.5) is 0 Å². The topological polar surface area (TPSA) is 43.1 Å². The third-order valence-electron chi connectivity index (χ3n) is 1.71. The van der Waals surface area contributed by atoms with Gasteiger partial charge in [-0.15, -0.1) is 0 Å². The number of halogens is 3. The second-order valence-electron chi connectivity index (χ2n) is 2.82. The van der Waals surface area contributed by atoms with E-state index in [1.54, 1.807) is 6.07 Å². The van der Waals surface area contributed by atoms with Gasteiger partial charge in [0.1, 0.15) is 0 Å². The first kappa shape index (κ1) is 12.0. The van der Waals surface area contributed by atoms with E-state index in [0.717, 1.165) is 10.0 Å². The SMILES string of the molecule is NC(=O)C(Br)Cc1ccc(Cl)c(Br)c1. The summed E-state index contributed by atoms with van der Waals surface area (Å²) in [6, 6.07) is 5.52. The summed E-state index contributed by atoms with van der Waals surface area (Å²) >= 11 is 12.3. The third-order valence-corrected chi connectivity index (χ3v) is 3.70. The number of amides is 1. The van der Waals surface area contributed by atoms with Crippen molar-refractivity contribution in [3.63, 3.8) is 0 Å². The Labute approximate surface area is 104 Å². The van der Waals surface area contributed by atoms with Gasteiger partial charge >= 0.3 is 0 Å². The van der Waals surface area contributed by atoms with Crippen molar-refractivity contribution in [1.29, 1.82) is 0 Å². The highest BCUT2D eigenvalue weighted by Gasteiger charge is 2.11. The molecule has 0 spiro atoms. The summed E-state index contributed by atoms with van der Waals surface area (Å²) in [6.07, 6.45) is 0.561. The highest BCUT2D eigenvalue weighted by Crippen LogP contribution is 2.24. The molecule has 0 heterocycles. The lowest BCUT2D eigenvalue weighted by Crippen LogP contribution is -2.24. The first-order chi connectivity index (χ1) is 6.50. The van der Waals surface area contributed by atoms with E-state index in [9.17, 15) is 4.79 Å². The first-order valence-electron chi connectivity index (χ1n) is 3.88. The molecule has 1 aromatic carbocycles. The second kappa shape index (κ2) is 5.14. The summed E-state index contributed by atoms with van der Waals surface area (Å²) in [7, 11) is 0. The van der Waals surface area contributed by atoms with E-state index in [2.05, 4.69) is 31.9 Å². The zero-order chi connectivity index (χ0) is 10.7. The molecule has 0 aliphatic carbocycles. The van der Waals surface area contributed by atoms with Gasteiger partial charge < -0.3 is 5.73 Å². The van der Waals surface area contributed by atoms with E-state index in [-0.39, 0.29) is 10.7 Å². The van der Waals surface area contributed by atoms with E-state index in [1.807, 2.05) is 12.1 Å². The normalized spacial score (nSPS) is 12.5. The number of primary amides is 1. The molecule has 0 radical (unpaired) electrons. The number of rotatable bonds is 3. The molecule has 0 saturated carbocycles. The van der Waals surface area contributed by atoms with Crippen LogP contribution in [0, 0.1) is 0 Å². The van der Waals surface area contributed by atoms with Crippen molar-refractivity contribution in [2.75, 3.05) is 0 Å². The van der Waals surface area contributed by atoms with Gasteiger partial charge in [-0.3, -0.25) is 4.79 Å². The minimum atomic E-state index is -0.365. The predicted molar refractivity (Wildman–Crippen MR) is 64.8 cm³/mol. The first-order valence-corrected chi connectivity index (χ1v) is 5.96. The summed E-state index contributed by atoms with van der Waals surface area (Å²) < 4.78 is 0.820. The van der Waals surface area contributed by atoms with Gasteiger partial charge in [-0.05, 0) is 40.0 Å². The zero-order valence-electron chi connectivity index (χ0n) is 7.14. The molecular weight excluding hydrogens is 333 g/mol. The van der Waals surface area contributed by atoms with Gasteiger partial charge in [0, 0.05) is 4.47 Å². The Hall–Kier alpha value is -0.0600. The van der Waals surface area contributed by atoms with Gasteiger partial charge in [0.2, 0.25) is 5.91 Å². The Morgan fingerprint density at radius 2 is 2.21 bits per heavy atom. The number of nitrogens with two attached hydrogens (primary N) is 1. The summed E-state index contributed by atoms with van der Waals surface area (Å²) in [4.78, 5) is 10.5. The molecule has 1 rings (SSSR count). The monoisotopic (exact) mass is 339 g/mol. The Morgan fingerprint density at radius 1 is 1.57 bits per heavy atom. The smallest absolute Gasteiger partial charge is 0.231 e. The van der Waals surface area contributed by atoms with Crippen molar-refractivity contribution in [2.24, 2.45) is 5.73 Å². The highest BCUT2D eigenvalue weighted by atomic mass is 79.9. The van der Waals surface area contributed by atoms with Gasteiger partial charge in [-0.2, -0.15) is 0 Å². The van der Waals surface area contributed by atoms with Crippen LogP contribution in [0.15, 0.2) is 22.7 Å². The summed E-state index contributed by atoms with van der Waals surface area (Å²) in [5, 5.41) is 0.652. The molecule has 1 amide bonds. The van der Waals surface area contributed by atoms with Gasteiger partial charge in [-0.25, -0.2) is 0 Å². The fourth-order valence-electron chi connectivity index (χ4n) is 0.974. The summed E-state index contributed by atoms with van der Waals surface area (Å²) in [6.45, 7) is 0. The van der Waals surface area contributed by atoms with E-state index >= 15 is 0 Å². The van der Waals surface area contributed by atoms with E-state index in [1.165, 1.54) is 0 Å². The van der Waals surface area contributed by atoms with Crippen LogP contribution in [0.2, 0.25) is 5.02 Å². The van der Waals surface area contributed by atoms with Crippen molar-refractivity contribution >= 4 is 49.4 Å². The molecule has 2 N–H and O–H groups in total. The van der Waals surface area contributed by atoms with Gasteiger partial charge in [0.15, 0.2) is 0 Å². The highest BCUT2D eigenvalue weighted by molar-refractivity contribution is 9.10. The van der Waals surface area contributed by atoms with Crippen molar-refractivity contribution < 1.29 is 4.79 Å². The molecule has 0 aromatic heterocycles. The fourth-order valence-corrected chi connectivity index (χ4v) is 1.89. The lowest BCUT2D eigenvalue weighted by atomic mass is 10.1. The predicted octanol–water partition coefficient (Wildman–Crippen LogP) is 2.89. The standard InChI is InChI=1S/C9H8Br2ClNO/c10-6-3-5(1-2-8(6)12)4-7(11)9(13)14/h1-3,7H,4H2,(H2,13,14). The Balaban J connectivity index is 2.78. The Kier molecular flexibility index (Phi) is 4.41. The molecule has 1 unspecified atom stereocenters. The van der Waals surface area contributed by atoms with Crippen molar-refractivity contribution in [2.45, 2.75) is 11.2 Å². The maximum atomic E-state index is 10.8. The van der Waals surface area contributed by atoms with E-state index in [0.29, 0.717) is 11.4 Å². The molecule has 14 heavy (non-hydrogen) atoms. The maximum Gasteiger partial charge on any atom is 0.231 e. The summed E-state index contributed by atoms with van der Waals surface area (Å²) in [5.41, 5.74) is 6.13. The molecule has 0 bridgehead atoms. The van der Waals surface area contributed by atoms with Crippen molar-refractivity contribution in [3.05, 3.63) is 33.3 Å². The van der Waals surface area contributed by atoms with Crippen molar-refractivity contribution in [1.82, 2.24) is 0 Å². The van der Waals surface area contributed by atoms with E-state index < -0.39 is 0 Å². The second-order valence-corrected chi connectivity index (χ2v) is 5.19. The number of carbonyl (C=O) groups excluding carboxylic acids is 1. The van der Waals surface area contributed by atoms with Crippen LogP contribution in [0.25, 0.3) is 0 Å². The van der Waals surface area contributed by atoms with Gasteiger partial charge in [-0.1, -0.05) is 33.6 Å². The largest absolute Gasteiger partial charge is 0.369 e. The van der Waals surface area contributed by atoms with Crippen LogP contribution in [0.3, 0.4) is 0 Å². The molecule has 76 valence electrons. The number of alkyl halides is 1. The van der Waals surface area contributed by atoms with Crippen LogP contribution in [-0.2, 0) is 11.2 Å². The van der Waals surface area contributed by atoms with Crippen LogP contribution in [-0.4, -0.2) is 10.7 Å². The quantitative estimate of drug-likeness (QED) is 0.844. The molecular formula is C9H8Br2ClNO. The number of hydrogen-bond donors (Lipinski definition) is 1. The lowest BCUT2D eigenvalue weighted by Gasteiger charge is -2.06. The average Bonchev–Trinajstić information content (AvgIpc) is 2.11. The van der Waals surface area contributed by atoms with Crippen molar-refractivity contribution in [3.8, 4) is 0 Å². The van der Waals surface area contributed by atoms with E-state index in [4.69, 9.17) is 17.3 Å². The fraction of sp³-hybridized carbons (Fsp3) is 0.222. The van der Waals surface area contributed by atoms with Crippen LogP contribution in [0.1, 0.15) is 5.56 Å². The molecule has 0 aliphatic rings.